The second-order valence-electron chi connectivity index (χ2n) is 5.85. The van der Waals surface area contributed by atoms with E-state index in [0.29, 0.717) is 12.3 Å². The number of benzene rings is 2. The third-order valence-electron chi connectivity index (χ3n) is 3.88. The number of nitrogens with zero attached hydrogens (tertiary/aromatic N) is 1. The molecule has 0 aliphatic rings. The molecule has 0 aliphatic heterocycles. The molecular formula is C20H23FN2O2. The summed E-state index contributed by atoms with van der Waals surface area (Å²) in [5.41, 5.74) is 1.65. The lowest BCUT2D eigenvalue weighted by Gasteiger charge is -2.24. The van der Waals surface area contributed by atoms with Crippen molar-refractivity contribution in [2.24, 2.45) is 0 Å². The molecule has 1 N–H and O–H groups in total. The average Bonchev–Trinajstić information content (AvgIpc) is 2.60. The van der Waals surface area contributed by atoms with Crippen LogP contribution in [0.15, 0.2) is 54.6 Å². The van der Waals surface area contributed by atoms with Gasteiger partial charge in [-0.05, 0) is 43.9 Å². The molecule has 4 nitrogen and oxygen atoms in total. The predicted octanol–water partition coefficient (Wildman–Crippen LogP) is 3.27. The molecule has 2 rings (SSSR count). The van der Waals surface area contributed by atoms with Crippen LogP contribution in [0.4, 0.5) is 4.39 Å². The van der Waals surface area contributed by atoms with E-state index in [1.165, 1.54) is 18.2 Å². The largest absolute Gasteiger partial charge is 0.496 e. The van der Waals surface area contributed by atoms with Crippen molar-refractivity contribution in [1.29, 1.82) is 0 Å². The Hall–Kier alpha value is -2.66. The SMILES string of the molecule is COc1ccccc1/C=C/C(=O)NCC(c1cccc(F)c1)N(C)C. The summed E-state index contributed by atoms with van der Waals surface area (Å²) in [6.07, 6.45) is 3.18. The van der Waals surface area contributed by atoms with Crippen molar-refractivity contribution in [3.05, 3.63) is 71.6 Å². The minimum absolute atomic E-state index is 0.112. The number of hydrogen-bond acceptors (Lipinski definition) is 3. The third kappa shape index (κ3) is 5.43. The van der Waals surface area contributed by atoms with Crippen LogP contribution in [0.5, 0.6) is 5.75 Å². The number of nitrogens with one attached hydrogen (secondary N) is 1. The van der Waals surface area contributed by atoms with E-state index in [4.69, 9.17) is 4.74 Å². The van der Waals surface area contributed by atoms with Gasteiger partial charge in [0.25, 0.3) is 0 Å². The number of ether oxygens (including phenoxy) is 1. The number of likely N-dealkylation sites (N-methyl/N-ethyl adjacent to an activating group) is 1. The summed E-state index contributed by atoms with van der Waals surface area (Å²) in [5.74, 6) is 0.207. The van der Waals surface area contributed by atoms with E-state index in [2.05, 4.69) is 5.32 Å². The van der Waals surface area contributed by atoms with E-state index < -0.39 is 0 Å². The maximum absolute atomic E-state index is 13.4. The average molecular weight is 342 g/mol. The highest BCUT2D eigenvalue weighted by molar-refractivity contribution is 5.92. The fraction of sp³-hybridized carbons (Fsp3) is 0.250. The van der Waals surface area contributed by atoms with Gasteiger partial charge in [-0.1, -0.05) is 30.3 Å². The zero-order valence-electron chi connectivity index (χ0n) is 14.7. The molecule has 2 aromatic carbocycles. The van der Waals surface area contributed by atoms with E-state index >= 15 is 0 Å². The van der Waals surface area contributed by atoms with Gasteiger partial charge in [0.1, 0.15) is 11.6 Å². The summed E-state index contributed by atoms with van der Waals surface area (Å²) in [6.45, 7) is 0.381. The maximum Gasteiger partial charge on any atom is 0.244 e. The lowest BCUT2D eigenvalue weighted by Crippen LogP contribution is -2.33. The van der Waals surface area contributed by atoms with E-state index in [1.54, 1.807) is 19.3 Å². The molecule has 1 atom stereocenters. The first-order chi connectivity index (χ1) is 12.0. The number of amides is 1. The van der Waals surface area contributed by atoms with Crippen LogP contribution in [0.25, 0.3) is 6.08 Å². The highest BCUT2D eigenvalue weighted by atomic mass is 19.1. The smallest absolute Gasteiger partial charge is 0.244 e. The Balaban J connectivity index is 2.00. The summed E-state index contributed by atoms with van der Waals surface area (Å²) < 4.78 is 18.7. The summed E-state index contributed by atoms with van der Waals surface area (Å²) in [6, 6.07) is 13.8. The van der Waals surface area contributed by atoms with Crippen LogP contribution in [0.2, 0.25) is 0 Å². The van der Waals surface area contributed by atoms with Crippen molar-refractivity contribution < 1.29 is 13.9 Å². The molecule has 0 spiro atoms. The van der Waals surface area contributed by atoms with Gasteiger partial charge in [0.05, 0.1) is 13.2 Å². The highest BCUT2D eigenvalue weighted by Gasteiger charge is 2.15. The Morgan fingerprint density at radius 1 is 1.24 bits per heavy atom. The van der Waals surface area contributed by atoms with Gasteiger partial charge in [0.15, 0.2) is 0 Å². The Bertz CT molecular complexity index is 744. The number of para-hydroxylation sites is 1. The standard InChI is InChI=1S/C20H23FN2O2/c1-23(2)18(16-8-6-9-17(21)13-16)14-22-20(24)12-11-15-7-4-5-10-19(15)25-3/h4-13,18H,14H2,1-3H3,(H,22,24)/b12-11+. The van der Waals surface area contributed by atoms with Crippen molar-refractivity contribution in [2.45, 2.75) is 6.04 Å². The topological polar surface area (TPSA) is 41.6 Å². The van der Waals surface area contributed by atoms with Crippen LogP contribution < -0.4 is 10.1 Å². The molecule has 1 unspecified atom stereocenters. The van der Waals surface area contributed by atoms with Gasteiger partial charge in [-0.2, -0.15) is 0 Å². The molecule has 0 aliphatic carbocycles. The van der Waals surface area contributed by atoms with Crippen LogP contribution in [-0.2, 0) is 4.79 Å². The summed E-state index contributed by atoms with van der Waals surface area (Å²) >= 11 is 0. The molecule has 25 heavy (non-hydrogen) atoms. The summed E-state index contributed by atoms with van der Waals surface area (Å²) in [5, 5.41) is 2.86. The molecule has 0 radical (unpaired) electrons. The molecule has 0 aromatic heterocycles. The molecule has 0 saturated carbocycles. The third-order valence-corrected chi connectivity index (χ3v) is 3.88. The van der Waals surface area contributed by atoms with Crippen LogP contribution >= 0.6 is 0 Å². The number of methoxy groups -OCH3 is 1. The molecule has 132 valence electrons. The first kappa shape index (κ1) is 18.7. The van der Waals surface area contributed by atoms with Gasteiger partial charge in [0, 0.05) is 18.2 Å². The maximum atomic E-state index is 13.4. The van der Waals surface area contributed by atoms with Gasteiger partial charge in [0.2, 0.25) is 5.91 Å². The highest BCUT2D eigenvalue weighted by Crippen LogP contribution is 2.19. The quantitative estimate of drug-likeness (QED) is 0.785. The Kier molecular flexibility index (Phi) is 6.71. The fourth-order valence-electron chi connectivity index (χ4n) is 2.54. The Morgan fingerprint density at radius 3 is 2.68 bits per heavy atom. The normalized spacial score (nSPS) is 12.4. The van der Waals surface area contributed by atoms with E-state index in [0.717, 1.165) is 11.1 Å². The number of rotatable bonds is 7. The number of carbonyl (C=O) groups is 1. The van der Waals surface area contributed by atoms with Crippen LogP contribution in [0.3, 0.4) is 0 Å². The molecule has 0 heterocycles. The van der Waals surface area contributed by atoms with Crippen LogP contribution in [0.1, 0.15) is 17.2 Å². The van der Waals surface area contributed by atoms with Crippen LogP contribution in [-0.4, -0.2) is 38.6 Å². The fourth-order valence-corrected chi connectivity index (χ4v) is 2.54. The van der Waals surface area contributed by atoms with Gasteiger partial charge < -0.3 is 15.0 Å². The predicted molar refractivity (Wildman–Crippen MR) is 97.9 cm³/mol. The van der Waals surface area contributed by atoms with Crippen molar-refractivity contribution in [3.63, 3.8) is 0 Å². The molecular weight excluding hydrogens is 319 g/mol. The lowest BCUT2D eigenvalue weighted by molar-refractivity contribution is -0.116. The second kappa shape index (κ2) is 8.99. The van der Waals surface area contributed by atoms with E-state index in [1.807, 2.05) is 49.3 Å². The Morgan fingerprint density at radius 2 is 2.00 bits per heavy atom. The van der Waals surface area contributed by atoms with Crippen molar-refractivity contribution in [3.8, 4) is 5.75 Å². The molecule has 0 bridgehead atoms. The summed E-state index contributed by atoms with van der Waals surface area (Å²) in [7, 11) is 5.38. The molecule has 0 fully saturated rings. The Labute approximate surface area is 147 Å². The lowest BCUT2D eigenvalue weighted by atomic mass is 10.1. The molecule has 2 aromatic rings. The van der Waals surface area contributed by atoms with Crippen molar-refractivity contribution in [1.82, 2.24) is 10.2 Å². The molecule has 1 amide bonds. The van der Waals surface area contributed by atoms with Crippen molar-refractivity contribution >= 4 is 12.0 Å². The first-order valence-corrected chi connectivity index (χ1v) is 8.02. The zero-order chi connectivity index (χ0) is 18.2. The zero-order valence-corrected chi connectivity index (χ0v) is 14.7. The van der Waals surface area contributed by atoms with Crippen molar-refractivity contribution in [2.75, 3.05) is 27.7 Å². The molecule has 0 saturated heterocycles. The van der Waals surface area contributed by atoms with E-state index in [-0.39, 0.29) is 17.8 Å². The minimum atomic E-state index is -0.285. The van der Waals surface area contributed by atoms with Gasteiger partial charge in [-0.3, -0.25) is 4.79 Å². The van der Waals surface area contributed by atoms with E-state index in [9.17, 15) is 9.18 Å². The minimum Gasteiger partial charge on any atom is -0.496 e. The number of halogens is 1. The number of hydrogen-bond donors (Lipinski definition) is 1. The number of carbonyl (C=O) groups excluding carboxylic acids is 1. The monoisotopic (exact) mass is 342 g/mol. The summed E-state index contributed by atoms with van der Waals surface area (Å²) in [4.78, 5) is 14.1. The second-order valence-corrected chi connectivity index (χ2v) is 5.85. The molecule has 5 heteroatoms. The first-order valence-electron chi connectivity index (χ1n) is 8.02. The van der Waals surface area contributed by atoms with Gasteiger partial charge in [-0.15, -0.1) is 0 Å². The van der Waals surface area contributed by atoms with Crippen LogP contribution in [0, 0.1) is 5.82 Å². The van der Waals surface area contributed by atoms with Gasteiger partial charge in [-0.25, -0.2) is 4.39 Å². The van der Waals surface area contributed by atoms with Gasteiger partial charge >= 0.3 is 0 Å².